The van der Waals surface area contributed by atoms with Crippen LogP contribution in [0.3, 0.4) is 0 Å². The SMILES string of the molecule is COc1ccc(N[C@H](C)c2nnc(SCC(=O)NN)n2-c2ccccc2)cc1. The van der Waals surface area contributed by atoms with E-state index < -0.39 is 0 Å². The van der Waals surface area contributed by atoms with Gasteiger partial charge in [0, 0.05) is 11.4 Å². The summed E-state index contributed by atoms with van der Waals surface area (Å²) in [5.41, 5.74) is 3.98. The second kappa shape index (κ2) is 9.25. The number of carbonyl (C=O) groups excluding carboxylic acids is 1. The zero-order valence-electron chi connectivity index (χ0n) is 15.6. The molecule has 8 nitrogen and oxygen atoms in total. The molecule has 0 aliphatic carbocycles. The van der Waals surface area contributed by atoms with Crippen LogP contribution in [0.4, 0.5) is 5.69 Å². The van der Waals surface area contributed by atoms with Gasteiger partial charge in [0.05, 0.1) is 18.9 Å². The molecule has 1 aromatic heterocycles. The van der Waals surface area contributed by atoms with Crippen LogP contribution in [0.5, 0.6) is 5.75 Å². The van der Waals surface area contributed by atoms with Crippen molar-refractivity contribution >= 4 is 23.4 Å². The van der Waals surface area contributed by atoms with Crippen LogP contribution in [-0.2, 0) is 4.79 Å². The van der Waals surface area contributed by atoms with Crippen molar-refractivity contribution in [2.24, 2.45) is 5.84 Å². The summed E-state index contributed by atoms with van der Waals surface area (Å²) < 4.78 is 7.14. The fraction of sp³-hybridized carbons (Fsp3) is 0.211. The molecule has 4 N–H and O–H groups in total. The number of ether oxygens (including phenoxy) is 1. The molecule has 0 saturated heterocycles. The van der Waals surface area contributed by atoms with Gasteiger partial charge < -0.3 is 10.1 Å². The third-order valence-electron chi connectivity index (χ3n) is 4.03. The molecule has 146 valence electrons. The van der Waals surface area contributed by atoms with E-state index in [2.05, 4.69) is 20.9 Å². The molecular formula is C19H22N6O2S. The summed E-state index contributed by atoms with van der Waals surface area (Å²) in [5, 5.41) is 12.7. The Morgan fingerprint density at radius 2 is 1.89 bits per heavy atom. The zero-order valence-corrected chi connectivity index (χ0v) is 16.4. The molecular weight excluding hydrogens is 376 g/mol. The minimum atomic E-state index is -0.279. The lowest BCUT2D eigenvalue weighted by Gasteiger charge is -2.17. The number of hydrazine groups is 1. The van der Waals surface area contributed by atoms with Gasteiger partial charge >= 0.3 is 0 Å². The Balaban J connectivity index is 1.88. The fourth-order valence-corrected chi connectivity index (χ4v) is 3.42. The van der Waals surface area contributed by atoms with E-state index >= 15 is 0 Å². The van der Waals surface area contributed by atoms with Gasteiger partial charge in [0.2, 0.25) is 5.91 Å². The Morgan fingerprint density at radius 1 is 1.18 bits per heavy atom. The molecule has 9 heteroatoms. The Morgan fingerprint density at radius 3 is 2.54 bits per heavy atom. The van der Waals surface area contributed by atoms with E-state index in [4.69, 9.17) is 10.6 Å². The maximum atomic E-state index is 11.5. The standard InChI is InChI=1S/C19H22N6O2S/c1-13(21-14-8-10-16(27-2)11-9-14)18-23-24-19(28-12-17(26)22-20)25(18)15-6-4-3-5-7-15/h3-11,13,21H,12,20H2,1-2H3,(H,22,26)/t13-/m1/s1. The number of benzene rings is 2. The number of rotatable bonds is 8. The van der Waals surface area contributed by atoms with Crippen LogP contribution in [0.15, 0.2) is 59.8 Å². The van der Waals surface area contributed by atoms with Crippen molar-refractivity contribution < 1.29 is 9.53 Å². The van der Waals surface area contributed by atoms with Gasteiger partial charge in [-0.2, -0.15) is 0 Å². The Bertz CT molecular complexity index is 914. The summed E-state index contributed by atoms with van der Waals surface area (Å²) in [6.45, 7) is 2.01. The predicted octanol–water partition coefficient (Wildman–Crippen LogP) is 2.53. The lowest BCUT2D eigenvalue weighted by Crippen LogP contribution is -2.31. The number of aromatic nitrogens is 3. The van der Waals surface area contributed by atoms with E-state index in [1.54, 1.807) is 7.11 Å². The first-order valence-electron chi connectivity index (χ1n) is 8.66. The van der Waals surface area contributed by atoms with Gasteiger partial charge in [0.1, 0.15) is 5.75 Å². The summed E-state index contributed by atoms with van der Waals surface area (Å²) >= 11 is 1.28. The van der Waals surface area contributed by atoms with Gasteiger partial charge in [-0.05, 0) is 43.3 Å². The highest BCUT2D eigenvalue weighted by molar-refractivity contribution is 7.99. The molecule has 0 saturated carbocycles. The van der Waals surface area contributed by atoms with Crippen molar-refractivity contribution in [3.05, 3.63) is 60.4 Å². The highest BCUT2D eigenvalue weighted by atomic mass is 32.2. The van der Waals surface area contributed by atoms with Crippen LogP contribution in [0.25, 0.3) is 5.69 Å². The number of amides is 1. The minimum Gasteiger partial charge on any atom is -0.497 e. The number of carbonyl (C=O) groups is 1. The van der Waals surface area contributed by atoms with E-state index in [0.717, 1.165) is 22.9 Å². The van der Waals surface area contributed by atoms with Gasteiger partial charge in [0.25, 0.3) is 0 Å². The van der Waals surface area contributed by atoms with E-state index in [1.807, 2.05) is 66.1 Å². The van der Waals surface area contributed by atoms with Crippen molar-refractivity contribution in [1.82, 2.24) is 20.2 Å². The van der Waals surface area contributed by atoms with Crippen molar-refractivity contribution in [2.45, 2.75) is 18.1 Å². The molecule has 0 aliphatic heterocycles. The van der Waals surface area contributed by atoms with Crippen LogP contribution in [0.2, 0.25) is 0 Å². The lowest BCUT2D eigenvalue weighted by molar-refractivity contribution is -0.118. The average Bonchev–Trinajstić information content (AvgIpc) is 3.17. The molecule has 0 radical (unpaired) electrons. The molecule has 0 bridgehead atoms. The number of para-hydroxylation sites is 1. The van der Waals surface area contributed by atoms with Crippen molar-refractivity contribution in [3.63, 3.8) is 0 Å². The van der Waals surface area contributed by atoms with Crippen LogP contribution in [0.1, 0.15) is 18.8 Å². The molecule has 0 spiro atoms. The summed E-state index contributed by atoms with van der Waals surface area (Å²) in [6.07, 6.45) is 0. The number of hydrogen-bond donors (Lipinski definition) is 3. The van der Waals surface area contributed by atoms with Crippen LogP contribution < -0.4 is 21.3 Å². The highest BCUT2D eigenvalue weighted by Crippen LogP contribution is 2.27. The molecule has 28 heavy (non-hydrogen) atoms. The predicted molar refractivity (Wildman–Crippen MR) is 109 cm³/mol. The first kappa shape index (κ1) is 19.7. The van der Waals surface area contributed by atoms with E-state index in [0.29, 0.717) is 5.16 Å². The molecule has 0 fully saturated rings. The number of hydrogen-bond acceptors (Lipinski definition) is 7. The minimum absolute atomic E-state index is 0.126. The van der Waals surface area contributed by atoms with Crippen molar-refractivity contribution in [2.75, 3.05) is 18.2 Å². The van der Waals surface area contributed by atoms with Crippen LogP contribution in [-0.4, -0.2) is 33.5 Å². The number of methoxy groups -OCH3 is 1. The molecule has 0 unspecified atom stereocenters. The fourth-order valence-electron chi connectivity index (χ4n) is 2.65. The van der Waals surface area contributed by atoms with Crippen molar-refractivity contribution in [3.8, 4) is 11.4 Å². The average molecular weight is 398 g/mol. The molecule has 1 amide bonds. The third-order valence-corrected chi connectivity index (χ3v) is 4.96. The van der Waals surface area contributed by atoms with Gasteiger partial charge in [-0.1, -0.05) is 30.0 Å². The second-order valence-electron chi connectivity index (χ2n) is 5.96. The molecule has 3 rings (SSSR count). The van der Waals surface area contributed by atoms with Crippen molar-refractivity contribution in [1.29, 1.82) is 0 Å². The topological polar surface area (TPSA) is 107 Å². The first-order chi connectivity index (χ1) is 13.6. The Kier molecular flexibility index (Phi) is 6.51. The quantitative estimate of drug-likeness (QED) is 0.232. The number of nitrogens with two attached hydrogens (primary N) is 1. The summed E-state index contributed by atoms with van der Waals surface area (Å²) in [7, 11) is 1.64. The van der Waals surface area contributed by atoms with Gasteiger partial charge in [-0.15, -0.1) is 10.2 Å². The summed E-state index contributed by atoms with van der Waals surface area (Å²) in [5.74, 6) is 6.57. The van der Waals surface area contributed by atoms with E-state index in [1.165, 1.54) is 11.8 Å². The molecule has 1 heterocycles. The number of anilines is 1. The summed E-state index contributed by atoms with van der Waals surface area (Å²) in [4.78, 5) is 11.5. The number of nitrogens with one attached hydrogen (secondary N) is 2. The molecule has 0 aliphatic rings. The second-order valence-corrected chi connectivity index (χ2v) is 6.90. The highest BCUT2D eigenvalue weighted by Gasteiger charge is 2.20. The largest absolute Gasteiger partial charge is 0.497 e. The van der Waals surface area contributed by atoms with Crippen LogP contribution >= 0.6 is 11.8 Å². The summed E-state index contributed by atoms with van der Waals surface area (Å²) in [6, 6.07) is 17.3. The molecule has 3 aromatic rings. The number of nitrogens with zero attached hydrogens (tertiary/aromatic N) is 3. The Labute approximate surface area is 167 Å². The lowest BCUT2D eigenvalue weighted by atomic mass is 10.2. The maximum absolute atomic E-state index is 11.5. The maximum Gasteiger partial charge on any atom is 0.244 e. The monoisotopic (exact) mass is 398 g/mol. The van der Waals surface area contributed by atoms with Crippen LogP contribution in [0, 0.1) is 0 Å². The smallest absolute Gasteiger partial charge is 0.244 e. The van der Waals surface area contributed by atoms with Gasteiger partial charge in [-0.3, -0.25) is 14.8 Å². The number of thioether (sulfide) groups is 1. The zero-order chi connectivity index (χ0) is 19.9. The Hall–Kier alpha value is -3.04. The molecule has 1 atom stereocenters. The van der Waals surface area contributed by atoms with E-state index in [9.17, 15) is 4.79 Å². The first-order valence-corrected chi connectivity index (χ1v) is 9.64. The van der Waals surface area contributed by atoms with Gasteiger partial charge in [-0.25, -0.2) is 5.84 Å². The molecule has 2 aromatic carbocycles. The normalized spacial score (nSPS) is 11.7. The third kappa shape index (κ3) is 4.62. The van der Waals surface area contributed by atoms with Gasteiger partial charge in [0.15, 0.2) is 11.0 Å². The van der Waals surface area contributed by atoms with E-state index in [-0.39, 0.29) is 17.7 Å².